The Hall–Kier alpha value is -1.94. The van der Waals surface area contributed by atoms with Crippen molar-refractivity contribution in [2.24, 2.45) is 11.8 Å². The van der Waals surface area contributed by atoms with E-state index in [0.717, 1.165) is 102 Å². The van der Waals surface area contributed by atoms with Crippen LogP contribution in [0.1, 0.15) is 408 Å². The fourth-order valence-electron chi connectivity index (χ4n) is 12.0. The van der Waals surface area contributed by atoms with Gasteiger partial charge in [-0.3, -0.25) is 37.3 Å². The number of carbonyl (C=O) groups excluding carboxylic acids is 4. The summed E-state index contributed by atoms with van der Waals surface area (Å²) in [5, 5.41) is 10.6. The highest BCUT2D eigenvalue weighted by Crippen LogP contribution is 2.45. The van der Waals surface area contributed by atoms with Crippen molar-refractivity contribution < 1.29 is 80.2 Å². The highest BCUT2D eigenvalue weighted by Gasteiger charge is 2.30. The van der Waals surface area contributed by atoms with Crippen molar-refractivity contribution in [1.82, 2.24) is 0 Å². The molecule has 0 spiro atoms. The van der Waals surface area contributed by atoms with E-state index >= 15 is 0 Å². The lowest BCUT2D eigenvalue weighted by Crippen LogP contribution is -2.30. The largest absolute Gasteiger partial charge is 0.472 e. The maximum atomic E-state index is 13.1. The summed E-state index contributed by atoms with van der Waals surface area (Å²) in [5.41, 5.74) is 0. The van der Waals surface area contributed by atoms with Crippen molar-refractivity contribution in [3.8, 4) is 0 Å². The van der Waals surface area contributed by atoms with E-state index in [1.54, 1.807) is 0 Å². The monoisotopic (exact) mass is 1420 g/mol. The SMILES string of the molecule is CCCCCCCCCCCCCCCCCCCC(=O)O[C@H](COC(=O)CCCCCCCCCCCCCCCCCC)COP(=O)(O)OC[C@@H](O)COP(=O)(O)OC[C@@H](COC(=O)CCCCCCCCCCCC(C)C)OC(=O)CCCCCCCCCCCC(C)C. The van der Waals surface area contributed by atoms with Crippen LogP contribution in [0.2, 0.25) is 0 Å². The van der Waals surface area contributed by atoms with Crippen LogP contribution in [0.25, 0.3) is 0 Å². The van der Waals surface area contributed by atoms with E-state index in [2.05, 4.69) is 41.5 Å². The predicted molar refractivity (Wildman–Crippen MR) is 395 cm³/mol. The minimum atomic E-state index is -4.96. The first kappa shape index (κ1) is 95.1. The van der Waals surface area contributed by atoms with Gasteiger partial charge in [0.25, 0.3) is 0 Å². The van der Waals surface area contributed by atoms with Crippen LogP contribution >= 0.6 is 15.6 Å². The molecule has 0 aliphatic rings. The van der Waals surface area contributed by atoms with Gasteiger partial charge >= 0.3 is 39.5 Å². The zero-order valence-corrected chi connectivity index (χ0v) is 65.2. The molecule has 97 heavy (non-hydrogen) atoms. The molecule has 0 radical (unpaired) electrons. The fourth-order valence-corrected chi connectivity index (χ4v) is 13.6. The van der Waals surface area contributed by atoms with Gasteiger partial charge in [-0.2, -0.15) is 0 Å². The molecular weight excluding hydrogens is 1270 g/mol. The third-order valence-corrected chi connectivity index (χ3v) is 20.1. The predicted octanol–water partition coefficient (Wildman–Crippen LogP) is 23.1. The van der Waals surface area contributed by atoms with Gasteiger partial charge in [0, 0.05) is 25.7 Å². The van der Waals surface area contributed by atoms with Gasteiger partial charge in [-0.25, -0.2) is 9.13 Å². The summed E-state index contributed by atoms with van der Waals surface area (Å²) in [5.74, 6) is -0.632. The quantitative estimate of drug-likeness (QED) is 0.0222. The summed E-state index contributed by atoms with van der Waals surface area (Å²) in [4.78, 5) is 72.9. The Morgan fingerprint density at radius 2 is 0.474 bits per heavy atom. The lowest BCUT2D eigenvalue weighted by atomic mass is 10.0. The first-order valence-electron chi connectivity index (χ1n) is 40.5. The van der Waals surface area contributed by atoms with Crippen molar-refractivity contribution in [3.63, 3.8) is 0 Å². The van der Waals surface area contributed by atoms with Crippen LogP contribution in [-0.2, 0) is 65.4 Å². The number of phosphoric acid groups is 2. The van der Waals surface area contributed by atoms with Crippen LogP contribution in [-0.4, -0.2) is 96.7 Å². The highest BCUT2D eigenvalue weighted by atomic mass is 31.2. The molecule has 0 aromatic heterocycles. The lowest BCUT2D eigenvalue weighted by molar-refractivity contribution is -0.161. The minimum absolute atomic E-state index is 0.105. The van der Waals surface area contributed by atoms with Crippen molar-refractivity contribution in [1.29, 1.82) is 0 Å². The smallest absolute Gasteiger partial charge is 0.462 e. The summed E-state index contributed by atoms with van der Waals surface area (Å²) < 4.78 is 68.6. The molecular formula is C78H152O17P2. The number of hydrogen-bond donors (Lipinski definition) is 3. The zero-order valence-electron chi connectivity index (χ0n) is 63.4. The van der Waals surface area contributed by atoms with Gasteiger partial charge in [-0.15, -0.1) is 0 Å². The standard InChI is InChI=1S/C78H152O17P2/c1-7-9-11-13-15-17-19-21-23-25-27-29-31-37-44-50-56-62-77(82)94-73(66-88-75(80)60-54-48-42-36-30-28-26-24-22-20-18-16-14-12-10-8-2)68-92-96(84,85)90-64-72(79)65-91-97(86,87)93-69-74(95-78(83)63-57-51-45-39-33-35-41-47-53-59-71(5)6)67-89-76(81)61-55-49-43-38-32-34-40-46-52-58-70(3)4/h70-74,79H,7-69H2,1-6H3,(H,84,85)(H,86,87)/t72-,73-,74-/m1/s1. The van der Waals surface area contributed by atoms with Gasteiger partial charge in [-0.1, -0.05) is 356 Å². The van der Waals surface area contributed by atoms with E-state index in [1.165, 1.54) is 225 Å². The summed E-state index contributed by atoms with van der Waals surface area (Å²) in [7, 11) is -9.92. The average Bonchev–Trinajstić information content (AvgIpc) is 1.03. The van der Waals surface area contributed by atoms with Crippen LogP contribution in [0.5, 0.6) is 0 Å². The molecule has 19 heteroatoms. The summed E-state index contributed by atoms with van der Waals surface area (Å²) in [6.07, 6.45) is 58.2. The van der Waals surface area contributed by atoms with Crippen molar-refractivity contribution >= 4 is 39.5 Å². The molecule has 0 aromatic carbocycles. The van der Waals surface area contributed by atoms with E-state index in [-0.39, 0.29) is 25.7 Å². The summed E-state index contributed by atoms with van der Waals surface area (Å²) in [6.45, 7) is 9.58. The molecule has 0 fully saturated rings. The summed E-state index contributed by atoms with van der Waals surface area (Å²) >= 11 is 0. The molecule has 17 nitrogen and oxygen atoms in total. The molecule has 3 N–H and O–H groups in total. The van der Waals surface area contributed by atoms with Gasteiger partial charge in [0.1, 0.15) is 19.3 Å². The number of aliphatic hydroxyl groups is 1. The van der Waals surface area contributed by atoms with Crippen molar-refractivity contribution in [2.75, 3.05) is 39.6 Å². The molecule has 5 atom stereocenters. The Labute approximate surface area is 594 Å². The molecule has 0 aliphatic heterocycles. The van der Waals surface area contributed by atoms with Gasteiger partial charge < -0.3 is 33.8 Å². The van der Waals surface area contributed by atoms with Crippen LogP contribution < -0.4 is 0 Å². The Morgan fingerprint density at radius 1 is 0.278 bits per heavy atom. The number of hydrogen-bond acceptors (Lipinski definition) is 15. The number of rotatable bonds is 77. The molecule has 0 aliphatic carbocycles. The molecule has 0 saturated heterocycles. The van der Waals surface area contributed by atoms with E-state index in [4.69, 9.17) is 37.0 Å². The molecule has 0 amide bonds. The average molecular weight is 1420 g/mol. The lowest BCUT2D eigenvalue weighted by Gasteiger charge is -2.21. The Kier molecular flexibility index (Phi) is 68.4. The molecule has 0 heterocycles. The number of esters is 4. The minimum Gasteiger partial charge on any atom is -0.462 e. The van der Waals surface area contributed by atoms with Crippen LogP contribution in [0, 0.1) is 11.8 Å². The van der Waals surface area contributed by atoms with Crippen LogP contribution in [0.15, 0.2) is 0 Å². The zero-order chi connectivity index (χ0) is 71.4. The van der Waals surface area contributed by atoms with Crippen molar-refractivity contribution in [3.05, 3.63) is 0 Å². The molecule has 0 rings (SSSR count). The summed E-state index contributed by atoms with van der Waals surface area (Å²) in [6, 6.07) is 0. The Bertz CT molecular complexity index is 1870. The van der Waals surface area contributed by atoms with E-state index < -0.39 is 97.5 Å². The number of ether oxygens (including phenoxy) is 4. The first-order chi connectivity index (χ1) is 46.9. The van der Waals surface area contributed by atoms with Crippen molar-refractivity contribution in [2.45, 2.75) is 426 Å². The second kappa shape index (κ2) is 69.8. The Balaban J connectivity index is 5.25. The van der Waals surface area contributed by atoms with Gasteiger partial charge in [-0.05, 0) is 37.5 Å². The molecule has 0 saturated carbocycles. The van der Waals surface area contributed by atoms with Gasteiger partial charge in [0.15, 0.2) is 12.2 Å². The Morgan fingerprint density at radius 3 is 0.701 bits per heavy atom. The first-order valence-corrected chi connectivity index (χ1v) is 43.5. The fraction of sp³-hybridized carbons (Fsp3) is 0.949. The number of phosphoric ester groups is 2. The van der Waals surface area contributed by atoms with E-state index in [9.17, 15) is 43.2 Å². The number of carbonyl (C=O) groups is 4. The van der Waals surface area contributed by atoms with E-state index in [0.29, 0.717) is 25.7 Å². The topological polar surface area (TPSA) is 237 Å². The normalized spacial score (nSPS) is 14.0. The molecule has 0 bridgehead atoms. The van der Waals surface area contributed by atoms with Gasteiger partial charge in [0.2, 0.25) is 0 Å². The van der Waals surface area contributed by atoms with E-state index in [1.807, 2.05) is 0 Å². The highest BCUT2D eigenvalue weighted by molar-refractivity contribution is 7.47. The third-order valence-electron chi connectivity index (χ3n) is 18.2. The molecule has 2 unspecified atom stereocenters. The van der Waals surface area contributed by atoms with Crippen LogP contribution in [0.4, 0.5) is 0 Å². The second-order valence-electron chi connectivity index (χ2n) is 29.1. The molecule has 576 valence electrons. The second-order valence-corrected chi connectivity index (χ2v) is 32.0. The van der Waals surface area contributed by atoms with Gasteiger partial charge in [0.05, 0.1) is 26.4 Å². The third kappa shape index (κ3) is 72.2. The maximum absolute atomic E-state index is 13.1. The maximum Gasteiger partial charge on any atom is 0.472 e. The number of unbranched alkanes of at least 4 members (excludes halogenated alkanes) is 47. The molecule has 0 aromatic rings. The number of aliphatic hydroxyl groups excluding tert-OH is 1. The van der Waals surface area contributed by atoms with Crippen LogP contribution in [0.3, 0.4) is 0 Å².